The van der Waals surface area contributed by atoms with Gasteiger partial charge in [0.25, 0.3) is 10.1 Å². The first-order valence-corrected chi connectivity index (χ1v) is 18.3. The van der Waals surface area contributed by atoms with Crippen LogP contribution in [0, 0.1) is 0 Å². The molecule has 7 N–H and O–H groups in total. The molecule has 4 aromatic carbocycles. The summed E-state index contributed by atoms with van der Waals surface area (Å²) in [6.45, 7) is -0.764. The zero-order valence-corrected chi connectivity index (χ0v) is 27.7. The third-order valence-corrected chi connectivity index (χ3v) is 9.68. The second kappa shape index (κ2) is 13.8. The molecule has 0 saturated heterocycles. The number of nitrogens with two attached hydrogens (primary N) is 1. The number of nitrogens with one attached hydrogen (secondary N) is 2. The van der Waals surface area contributed by atoms with E-state index in [9.17, 15) is 34.9 Å². The van der Waals surface area contributed by atoms with Gasteiger partial charge in [-0.2, -0.15) is 36.9 Å². The van der Waals surface area contributed by atoms with E-state index in [0.717, 1.165) is 6.07 Å². The average Bonchev–Trinajstić information content (AvgIpc) is 3.00. The van der Waals surface area contributed by atoms with Crippen molar-refractivity contribution < 1.29 is 43.6 Å². The number of hydrogen-bond acceptors (Lipinski definition) is 16. The summed E-state index contributed by atoms with van der Waals surface area (Å²) in [5.74, 6) is -0.953. The lowest BCUT2D eigenvalue weighted by Crippen LogP contribution is -2.15. The molecule has 49 heavy (non-hydrogen) atoms. The average molecular weight is 751 g/mol. The van der Waals surface area contributed by atoms with E-state index >= 15 is 0 Å². The van der Waals surface area contributed by atoms with Gasteiger partial charge in [-0.3, -0.25) is 9.11 Å². The number of phenolic OH excluding ortho intramolecular Hbond substituents is 1. The standard InChI is InChI=1S/C27H23ClN8O10S3/c28-25-32-26(34-27(33-25)31-16-8-10-18(11-9-16)47(38,39)13-12-46-49(43,44)45)30-15-4-6-17(7-5-15)35-36-20-14-22(48(40,41)42)19-2-1-3-21(37)23(19)24(20)29/h1-11,14,37H,12-13,29H2,(H,40,41,42)(H,43,44,45)(H2,30,31,32,33,34). The van der Waals surface area contributed by atoms with Gasteiger partial charge in [0.15, 0.2) is 9.84 Å². The molecule has 0 aliphatic carbocycles. The lowest BCUT2D eigenvalue weighted by atomic mass is 10.1. The molecular formula is C27H23ClN8O10S3. The van der Waals surface area contributed by atoms with Crippen LogP contribution in [-0.2, 0) is 34.5 Å². The largest absolute Gasteiger partial charge is 0.507 e. The number of nitrogen functional groups attached to an aromatic ring is 1. The summed E-state index contributed by atoms with van der Waals surface area (Å²) in [7, 11) is -13.4. The molecule has 22 heteroatoms. The summed E-state index contributed by atoms with van der Waals surface area (Å²) in [5, 5.41) is 24.0. The maximum absolute atomic E-state index is 12.4. The summed E-state index contributed by atoms with van der Waals surface area (Å²) in [4.78, 5) is 11.6. The third kappa shape index (κ3) is 8.91. The Morgan fingerprint density at radius 3 is 1.98 bits per heavy atom. The van der Waals surface area contributed by atoms with Gasteiger partial charge in [0.2, 0.25) is 17.2 Å². The predicted octanol–water partition coefficient (Wildman–Crippen LogP) is 4.71. The van der Waals surface area contributed by atoms with E-state index in [2.05, 4.69) is 40.0 Å². The number of fused-ring (bicyclic) bond motifs is 1. The molecule has 0 aliphatic heterocycles. The fourth-order valence-electron chi connectivity index (χ4n) is 4.29. The minimum Gasteiger partial charge on any atom is -0.507 e. The molecule has 0 aliphatic rings. The molecule has 0 bridgehead atoms. The van der Waals surface area contributed by atoms with Crippen molar-refractivity contribution in [3.05, 3.63) is 78.1 Å². The molecule has 0 saturated carbocycles. The van der Waals surface area contributed by atoms with Crippen LogP contribution in [0.3, 0.4) is 0 Å². The van der Waals surface area contributed by atoms with Crippen LogP contribution in [0.2, 0.25) is 5.28 Å². The Balaban J connectivity index is 1.28. The number of benzene rings is 4. The van der Waals surface area contributed by atoms with Crippen molar-refractivity contribution in [2.45, 2.75) is 9.79 Å². The van der Waals surface area contributed by atoms with Crippen molar-refractivity contribution in [3.63, 3.8) is 0 Å². The monoisotopic (exact) mass is 750 g/mol. The quantitative estimate of drug-likeness (QED) is 0.0572. The molecule has 0 amide bonds. The molecule has 0 unspecified atom stereocenters. The highest BCUT2D eigenvalue weighted by atomic mass is 35.5. The highest BCUT2D eigenvalue weighted by Gasteiger charge is 2.21. The van der Waals surface area contributed by atoms with Crippen molar-refractivity contribution in [2.24, 2.45) is 10.2 Å². The van der Waals surface area contributed by atoms with E-state index in [1.165, 1.54) is 42.5 Å². The molecule has 5 aromatic rings. The number of anilines is 5. The van der Waals surface area contributed by atoms with E-state index < -0.39 is 47.6 Å². The van der Waals surface area contributed by atoms with E-state index in [0.29, 0.717) is 17.1 Å². The van der Waals surface area contributed by atoms with Gasteiger partial charge >= 0.3 is 10.4 Å². The molecule has 1 heterocycles. The third-order valence-electron chi connectivity index (χ3n) is 6.46. The molecule has 0 atom stereocenters. The summed E-state index contributed by atoms with van der Waals surface area (Å²) in [5.41, 5.74) is 7.17. The first-order valence-electron chi connectivity index (χ1n) is 13.4. The van der Waals surface area contributed by atoms with Crippen LogP contribution in [-0.4, -0.2) is 66.8 Å². The van der Waals surface area contributed by atoms with Gasteiger partial charge in [-0.1, -0.05) is 12.1 Å². The van der Waals surface area contributed by atoms with Crippen molar-refractivity contribution >= 4 is 93.1 Å². The minimum absolute atomic E-state index is 0.00773. The number of rotatable bonds is 12. The van der Waals surface area contributed by atoms with E-state index in [-0.39, 0.29) is 50.0 Å². The fraction of sp³-hybridized carbons (Fsp3) is 0.0741. The molecule has 1 aromatic heterocycles. The number of halogens is 1. The van der Waals surface area contributed by atoms with Crippen LogP contribution in [0.15, 0.2) is 92.8 Å². The second-order valence-electron chi connectivity index (χ2n) is 9.82. The van der Waals surface area contributed by atoms with Crippen LogP contribution in [0.25, 0.3) is 10.8 Å². The number of aromatic nitrogens is 3. The highest BCUT2D eigenvalue weighted by Crippen LogP contribution is 2.41. The number of nitrogens with zero attached hydrogens (tertiary/aromatic N) is 5. The SMILES string of the molecule is Nc1c(N=Nc2ccc(Nc3nc(Cl)nc(Nc4ccc(S(=O)(=O)CCOS(=O)(=O)O)cc4)n3)cc2)cc(S(=O)(=O)O)c2cccc(O)c12. The van der Waals surface area contributed by atoms with Gasteiger partial charge in [0.1, 0.15) is 16.3 Å². The van der Waals surface area contributed by atoms with Gasteiger partial charge in [0, 0.05) is 16.8 Å². The Morgan fingerprint density at radius 2 is 1.41 bits per heavy atom. The number of aromatic hydroxyl groups is 1. The van der Waals surface area contributed by atoms with Crippen LogP contribution >= 0.6 is 11.6 Å². The van der Waals surface area contributed by atoms with Crippen LogP contribution in [0.5, 0.6) is 5.75 Å². The molecule has 5 rings (SSSR count). The zero-order valence-electron chi connectivity index (χ0n) is 24.5. The lowest BCUT2D eigenvalue weighted by Gasteiger charge is -2.11. The van der Waals surface area contributed by atoms with E-state index in [1.807, 2.05) is 0 Å². The topological polar surface area (TPSA) is 286 Å². The maximum atomic E-state index is 12.4. The van der Waals surface area contributed by atoms with Gasteiger partial charge in [-0.25, -0.2) is 12.6 Å². The Kier molecular flexibility index (Phi) is 9.96. The number of sulfone groups is 1. The van der Waals surface area contributed by atoms with Crippen LogP contribution in [0.1, 0.15) is 0 Å². The molecule has 256 valence electrons. The summed E-state index contributed by atoms with van der Waals surface area (Å²) < 4.78 is 92.5. The normalized spacial score (nSPS) is 12.4. The fourth-order valence-corrected chi connectivity index (χ4v) is 6.65. The molecule has 0 radical (unpaired) electrons. The van der Waals surface area contributed by atoms with E-state index in [1.54, 1.807) is 24.3 Å². The Bertz CT molecular complexity index is 2410. The zero-order chi connectivity index (χ0) is 35.6. The number of azo groups is 1. The maximum Gasteiger partial charge on any atom is 0.397 e. The van der Waals surface area contributed by atoms with Gasteiger partial charge in [0.05, 0.1) is 34.0 Å². The highest BCUT2D eigenvalue weighted by molar-refractivity contribution is 7.91. The Morgan fingerprint density at radius 1 is 0.816 bits per heavy atom. The minimum atomic E-state index is -4.77. The molecule has 0 fully saturated rings. The predicted molar refractivity (Wildman–Crippen MR) is 178 cm³/mol. The first-order chi connectivity index (χ1) is 23.0. The number of phenols is 1. The van der Waals surface area contributed by atoms with Gasteiger partial charge in [-0.15, -0.1) is 5.11 Å². The molecule has 0 spiro atoms. The smallest absolute Gasteiger partial charge is 0.397 e. The van der Waals surface area contributed by atoms with Crippen LogP contribution in [0.4, 0.5) is 40.3 Å². The lowest BCUT2D eigenvalue weighted by molar-refractivity contribution is 0.284. The van der Waals surface area contributed by atoms with E-state index in [4.69, 9.17) is 21.9 Å². The summed E-state index contributed by atoms with van der Waals surface area (Å²) in [6, 6.07) is 16.8. The molecule has 18 nitrogen and oxygen atoms in total. The second-order valence-corrected chi connectivity index (χ2v) is 14.8. The first kappa shape index (κ1) is 35.3. The molecular weight excluding hydrogens is 728 g/mol. The van der Waals surface area contributed by atoms with Crippen molar-refractivity contribution in [1.29, 1.82) is 0 Å². The van der Waals surface area contributed by atoms with Crippen molar-refractivity contribution in [2.75, 3.05) is 28.7 Å². The summed E-state index contributed by atoms with van der Waals surface area (Å²) in [6.07, 6.45) is 0. The summed E-state index contributed by atoms with van der Waals surface area (Å²) >= 11 is 6.07. The van der Waals surface area contributed by atoms with Crippen LogP contribution < -0.4 is 16.4 Å². The Hall–Kier alpha value is -5.03. The Labute approximate surface area is 283 Å². The van der Waals surface area contributed by atoms with Gasteiger partial charge in [-0.05, 0) is 72.3 Å². The van der Waals surface area contributed by atoms with Crippen molar-refractivity contribution in [1.82, 2.24) is 15.0 Å². The number of hydrogen-bond donors (Lipinski definition) is 6. The van der Waals surface area contributed by atoms with Crippen molar-refractivity contribution in [3.8, 4) is 5.75 Å². The van der Waals surface area contributed by atoms with Gasteiger partial charge < -0.3 is 21.5 Å².